The van der Waals surface area contributed by atoms with E-state index in [1.54, 1.807) is 32.2 Å². The van der Waals surface area contributed by atoms with Gasteiger partial charge in [-0.2, -0.15) is 0 Å². The normalized spacial score (nSPS) is 10.6. The van der Waals surface area contributed by atoms with Crippen LogP contribution in [0.15, 0.2) is 50.9 Å². The third-order valence-electron chi connectivity index (χ3n) is 3.64. The zero-order chi connectivity index (χ0) is 19.6. The van der Waals surface area contributed by atoms with Gasteiger partial charge in [0.05, 0.1) is 10.6 Å². The smallest absolute Gasteiger partial charge is 0.273 e. The topological polar surface area (TPSA) is 116 Å². The number of aryl methyl sites for hydroxylation is 2. The monoisotopic (exact) mass is 448 g/mol. The number of rotatable bonds is 5. The molecule has 1 N–H and O–H groups in total. The highest BCUT2D eigenvalue weighted by atomic mass is 79.9. The first-order valence-electron chi connectivity index (χ1n) is 7.61. The number of anilines is 1. The molecule has 138 valence electrons. The minimum atomic E-state index is -0.506. The van der Waals surface area contributed by atoms with Gasteiger partial charge in [0.2, 0.25) is 5.16 Å². The number of nitro benzene ring substituents is 1. The maximum Gasteiger partial charge on any atom is 0.273 e. The van der Waals surface area contributed by atoms with Crippen LogP contribution in [0.1, 0.15) is 15.9 Å². The number of hydrogen-bond donors (Lipinski definition) is 1. The Bertz CT molecular complexity index is 1040. The minimum Gasteiger partial charge on any atom is -0.321 e. The number of tetrazole rings is 1. The van der Waals surface area contributed by atoms with E-state index in [9.17, 15) is 14.9 Å². The van der Waals surface area contributed by atoms with Gasteiger partial charge in [0, 0.05) is 33.6 Å². The average molecular weight is 449 g/mol. The van der Waals surface area contributed by atoms with E-state index in [2.05, 4.69) is 36.8 Å². The summed E-state index contributed by atoms with van der Waals surface area (Å²) < 4.78 is 2.29. The molecule has 1 amide bonds. The summed E-state index contributed by atoms with van der Waals surface area (Å²) in [7, 11) is 1.71. The van der Waals surface area contributed by atoms with Crippen molar-refractivity contribution in [2.24, 2.45) is 7.05 Å². The first-order valence-corrected chi connectivity index (χ1v) is 9.22. The number of nitrogens with zero attached hydrogens (tertiary/aromatic N) is 5. The Morgan fingerprint density at radius 2 is 2.07 bits per heavy atom. The summed E-state index contributed by atoms with van der Waals surface area (Å²) in [6.45, 7) is 1.62. The molecular formula is C16H13BrN6O3S. The molecule has 0 bridgehead atoms. The van der Waals surface area contributed by atoms with E-state index in [1.807, 2.05) is 12.1 Å². The third-order valence-corrected chi connectivity index (χ3v) is 5.24. The molecular weight excluding hydrogens is 436 g/mol. The molecule has 0 aliphatic rings. The highest BCUT2D eigenvalue weighted by Gasteiger charge is 2.17. The van der Waals surface area contributed by atoms with E-state index in [0.717, 1.165) is 9.37 Å². The Labute approximate surface area is 166 Å². The number of hydrogen-bond acceptors (Lipinski definition) is 7. The van der Waals surface area contributed by atoms with Crippen LogP contribution in [-0.2, 0) is 7.05 Å². The zero-order valence-electron chi connectivity index (χ0n) is 14.2. The Balaban J connectivity index is 1.90. The third kappa shape index (κ3) is 4.31. The van der Waals surface area contributed by atoms with Crippen molar-refractivity contribution >= 4 is 45.0 Å². The number of benzene rings is 2. The number of carbonyl (C=O) groups excluding carboxylic acids is 1. The fourth-order valence-electron chi connectivity index (χ4n) is 2.24. The molecule has 0 saturated heterocycles. The van der Waals surface area contributed by atoms with Gasteiger partial charge in [-0.05, 0) is 53.4 Å². The lowest BCUT2D eigenvalue weighted by Crippen LogP contribution is -2.13. The van der Waals surface area contributed by atoms with Crippen LogP contribution in [0.5, 0.6) is 0 Å². The van der Waals surface area contributed by atoms with Crippen LogP contribution in [0.3, 0.4) is 0 Å². The standard InChI is InChI=1S/C16H13BrN6O3S/c1-9-3-4-10(7-13(9)23(25)26)15(24)18-12-8-11(17)5-6-14(12)27-16-19-20-21-22(16)2/h3-8H,1-2H3,(H,18,24). The van der Waals surface area contributed by atoms with E-state index < -0.39 is 10.8 Å². The number of nitrogens with one attached hydrogen (secondary N) is 1. The van der Waals surface area contributed by atoms with Crippen LogP contribution < -0.4 is 5.32 Å². The second-order valence-electron chi connectivity index (χ2n) is 5.54. The Morgan fingerprint density at radius 3 is 2.74 bits per heavy atom. The van der Waals surface area contributed by atoms with Crippen molar-refractivity contribution in [2.75, 3.05) is 5.32 Å². The summed E-state index contributed by atoms with van der Waals surface area (Å²) >= 11 is 4.67. The summed E-state index contributed by atoms with van der Waals surface area (Å²) in [6, 6.07) is 9.76. The van der Waals surface area contributed by atoms with Gasteiger partial charge in [0.25, 0.3) is 11.6 Å². The van der Waals surface area contributed by atoms with Gasteiger partial charge >= 0.3 is 0 Å². The largest absolute Gasteiger partial charge is 0.321 e. The van der Waals surface area contributed by atoms with Crippen LogP contribution in [0.2, 0.25) is 0 Å². The SMILES string of the molecule is Cc1ccc(C(=O)Nc2cc(Br)ccc2Sc2nnnn2C)cc1[N+](=O)[O-]. The molecule has 27 heavy (non-hydrogen) atoms. The molecule has 1 heterocycles. The van der Waals surface area contributed by atoms with E-state index in [0.29, 0.717) is 16.4 Å². The number of aromatic nitrogens is 4. The van der Waals surface area contributed by atoms with Gasteiger partial charge in [-0.3, -0.25) is 14.9 Å². The molecule has 11 heteroatoms. The quantitative estimate of drug-likeness (QED) is 0.468. The van der Waals surface area contributed by atoms with Crippen molar-refractivity contribution in [1.82, 2.24) is 20.2 Å². The van der Waals surface area contributed by atoms with Crippen molar-refractivity contribution in [3.05, 3.63) is 62.1 Å². The Hall–Kier alpha value is -2.79. The maximum atomic E-state index is 12.6. The lowest BCUT2D eigenvalue weighted by Gasteiger charge is -2.11. The summed E-state index contributed by atoms with van der Waals surface area (Å²) in [5.74, 6) is -0.450. The molecule has 3 aromatic rings. The van der Waals surface area contributed by atoms with Crippen molar-refractivity contribution in [3.63, 3.8) is 0 Å². The van der Waals surface area contributed by atoms with E-state index in [1.165, 1.54) is 22.5 Å². The molecule has 0 aliphatic heterocycles. The van der Waals surface area contributed by atoms with Crippen LogP contribution >= 0.6 is 27.7 Å². The first kappa shape index (κ1) is 19.0. The second kappa shape index (κ2) is 7.84. The maximum absolute atomic E-state index is 12.6. The summed E-state index contributed by atoms with van der Waals surface area (Å²) in [4.78, 5) is 24.0. The number of nitro groups is 1. The predicted molar refractivity (Wildman–Crippen MR) is 103 cm³/mol. The van der Waals surface area contributed by atoms with Gasteiger partial charge in [-0.1, -0.05) is 22.0 Å². The Morgan fingerprint density at radius 1 is 1.30 bits per heavy atom. The molecule has 9 nitrogen and oxygen atoms in total. The van der Waals surface area contributed by atoms with Gasteiger partial charge in [0.1, 0.15) is 0 Å². The van der Waals surface area contributed by atoms with Crippen LogP contribution in [0.25, 0.3) is 0 Å². The van der Waals surface area contributed by atoms with E-state index >= 15 is 0 Å². The minimum absolute atomic E-state index is 0.100. The average Bonchev–Trinajstić information content (AvgIpc) is 3.02. The summed E-state index contributed by atoms with van der Waals surface area (Å²) in [5.41, 5.74) is 1.12. The zero-order valence-corrected chi connectivity index (χ0v) is 16.6. The van der Waals surface area contributed by atoms with Gasteiger partial charge < -0.3 is 5.32 Å². The molecule has 0 saturated carbocycles. The van der Waals surface area contributed by atoms with Crippen molar-refractivity contribution in [2.45, 2.75) is 17.0 Å². The highest BCUT2D eigenvalue weighted by molar-refractivity contribution is 9.10. The van der Waals surface area contributed by atoms with Crippen LogP contribution in [0, 0.1) is 17.0 Å². The van der Waals surface area contributed by atoms with Crippen molar-refractivity contribution < 1.29 is 9.72 Å². The van der Waals surface area contributed by atoms with Crippen molar-refractivity contribution in [1.29, 1.82) is 0 Å². The van der Waals surface area contributed by atoms with Gasteiger partial charge in [0.15, 0.2) is 0 Å². The highest BCUT2D eigenvalue weighted by Crippen LogP contribution is 2.34. The van der Waals surface area contributed by atoms with Gasteiger partial charge in [-0.25, -0.2) is 4.68 Å². The van der Waals surface area contributed by atoms with Crippen molar-refractivity contribution in [3.8, 4) is 0 Å². The number of amides is 1. The fourth-order valence-corrected chi connectivity index (χ4v) is 3.40. The summed E-state index contributed by atoms with van der Waals surface area (Å²) in [6.07, 6.45) is 0. The molecule has 0 spiro atoms. The molecule has 3 rings (SSSR count). The van der Waals surface area contributed by atoms with Gasteiger partial charge in [-0.15, -0.1) is 5.10 Å². The lowest BCUT2D eigenvalue weighted by atomic mass is 10.1. The molecule has 1 aromatic heterocycles. The van der Waals surface area contributed by atoms with E-state index in [4.69, 9.17) is 0 Å². The lowest BCUT2D eigenvalue weighted by molar-refractivity contribution is -0.385. The molecule has 0 radical (unpaired) electrons. The Kier molecular flexibility index (Phi) is 5.51. The molecule has 0 fully saturated rings. The molecule has 0 unspecified atom stereocenters. The van der Waals surface area contributed by atoms with Crippen LogP contribution in [0.4, 0.5) is 11.4 Å². The fraction of sp³-hybridized carbons (Fsp3) is 0.125. The number of carbonyl (C=O) groups is 1. The molecule has 2 aromatic carbocycles. The van der Waals surface area contributed by atoms with Crippen LogP contribution in [-0.4, -0.2) is 31.0 Å². The first-order chi connectivity index (χ1) is 12.8. The molecule has 0 aliphatic carbocycles. The second-order valence-corrected chi connectivity index (χ2v) is 7.46. The number of halogens is 1. The predicted octanol–water partition coefficient (Wildman–Crippen LogP) is 3.59. The van der Waals surface area contributed by atoms with E-state index in [-0.39, 0.29) is 11.3 Å². The molecule has 0 atom stereocenters. The summed E-state index contributed by atoms with van der Waals surface area (Å²) in [5, 5.41) is 25.7.